The molecule has 0 amide bonds. The molecule has 0 bridgehead atoms. The van der Waals surface area contributed by atoms with Gasteiger partial charge in [0.25, 0.3) is 0 Å². The lowest BCUT2D eigenvalue weighted by atomic mass is 10.0. The number of nitrogens with one attached hydrogen (secondary N) is 8. The van der Waals surface area contributed by atoms with Crippen molar-refractivity contribution < 1.29 is 44.2 Å². The van der Waals surface area contributed by atoms with E-state index in [4.69, 9.17) is 48.9 Å². The van der Waals surface area contributed by atoms with E-state index < -0.39 is 0 Å². The van der Waals surface area contributed by atoms with Gasteiger partial charge in [-0.3, -0.25) is 4.79 Å². The van der Waals surface area contributed by atoms with Crippen molar-refractivity contribution in [2.45, 2.75) is 70.1 Å². The van der Waals surface area contributed by atoms with Gasteiger partial charge in [0.1, 0.15) is 52.0 Å². The van der Waals surface area contributed by atoms with Gasteiger partial charge in [0.15, 0.2) is 23.3 Å². The Morgan fingerprint density at radius 1 is 0.473 bits per heavy atom. The van der Waals surface area contributed by atoms with Gasteiger partial charge in [-0.1, -0.05) is 84.4 Å². The van der Waals surface area contributed by atoms with Crippen LogP contribution in [0.15, 0.2) is 176 Å². The molecule has 0 radical (unpaired) electrons. The van der Waals surface area contributed by atoms with Gasteiger partial charge in [0.2, 0.25) is 0 Å². The number of esters is 1. The molecule has 8 heterocycles. The standard InChI is InChI=1S/C22H24N4O3.C22H26N4O2.C22H24N4O2.C19H20N4O2/c1-3-29-22(28)16-11-23-12-18(16)25-20-14-6-4-5-7-17(14)24-21(26-20)15-10-13(2)8-9-19(15)27;2*1-28-12-4-5-15-8-9-17-19(13-15)25-22(18-6-2-3-7-20(18)27)26-21(17)24-16-10-11-23-14-16;1-25-13-6-7-14-16(10-13)22-19(15-4-2-3-5-17(15)24)23-18(14)21-12-8-9-20-11-12/h4-10,16,18,23,27H,3,11-12H2,1-2H3,(H,24,25,26);2-3,6-9,13,16,23,27H,4-5,10-12,14H2,1H3,(H,24,25,26);2-9,13,16,23,27H,10-12,14H2,1H3,(H,24,25,26);2-7,10,12,20,24H,8-9,11H2,1H3,(H,21,22,23)/b;;5-4+;/t16-,18?;2*16-;12-/m1000/s1. The molecular formula is C85H94N16O9. The molecule has 110 heavy (non-hydrogen) atoms. The number of carbonyl (C=O) groups excluding carboxylic acids is 1. The summed E-state index contributed by atoms with van der Waals surface area (Å²) in [7, 11) is 5.03. The number of phenolic OH excluding ortho intramolecular Hbond substituents is 4. The lowest BCUT2D eigenvalue weighted by molar-refractivity contribution is -0.147. The summed E-state index contributed by atoms with van der Waals surface area (Å²) in [5.74, 6) is 5.88. The number of aromatic nitrogens is 8. The van der Waals surface area contributed by atoms with E-state index in [0.717, 1.165) is 156 Å². The minimum atomic E-state index is -0.292. The van der Waals surface area contributed by atoms with Gasteiger partial charge in [0, 0.05) is 99.3 Å². The second-order valence-electron chi connectivity index (χ2n) is 27.4. The van der Waals surface area contributed by atoms with Crippen LogP contribution in [0.3, 0.4) is 0 Å². The second kappa shape index (κ2) is 36.9. The Hall–Kier alpha value is -11.7. The molecule has 568 valence electrons. The number of hydrogen-bond donors (Lipinski definition) is 12. The topological polar surface area (TPSA) is 334 Å². The molecular weight excluding hydrogens is 1390 g/mol. The van der Waals surface area contributed by atoms with Crippen LogP contribution in [0.1, 0.15) is 49.3 Å². The molecule has 0 saturated carbocycles. The molecule has 4 fully saturated rings. The Kier molecular flexibility index (Phi) is 25.7. The summed E-state index contributed by atoms with van der Waals surface area (Å²) in [6.45, 7) is 12.4. The number of aromatic hydroxyl groups is 4. The first-order valence-electron chi connectivity index (χ1n) is 37.4. The number of anilines is 4. The molecule has 0 aliphatic carbocycles. The maximum atomic E-state index is 12.3. The van der Waals surface area contributed by atoms with Crippen LogP contribution in [0, 0.1) is 12.8 Å². The second-order valence-corrected chi connectivity index (χ2v) is 27.4. The van der Waals surface area contributed by atoms with Gasteiger partial charge in [-0.05, 0) is 174 Å². The number of phenols is 4. The maximum Gasteiger partial charge on any atom is 0.312 e. The van der Waals surface area contributed by atoms with E-state index >= 15 is 0 Å². The van der Waals surface area contributed by atoms with E-state index in [9.17, 15) is 25.2 Å². The van der Waals surface area contributed by atoms with Crippen molar-refractivity contribution in [2.24, 2.45) is 5.92 Å². The fourth-order valence-corrected chi connectivity index (χ4v) is 13.8. The van der Waals surface area contributed by atoms with Crippen molar-refractivity contribution in [3.63, 3.8) is 0 Å². The highest BCUT2D eigenvalue weighted by molar-refractivity contribution is 5.95. The number of ether oxygens (including phenoxy) is 4. The number of para-hydroxylation sites is 4. The molecule has 4 aliphatic rings. The van der Waals surface area contributed by atoms with Crippen LogP contribution < -0.4 is 47.3 Å². The van der Waals surface area contributed by atoms with Crippen molar-refractivity contribution in [3.05, 3.63) is 193 Å². The van der Waals surface area contributed by atoms with Crippen LogP contribution in [0.5, 0.6) is 28.7 Å². The molecule has 4 aliphatic heterocycles. The number of methoxy groups -OCH3 is 3. The molecule has 4 aromatic heterocycles. The Morgan fingerprint density at radius 3 is 1.48 bits per heavy atom. The summed E-state index contributed by atoms with van der Waals surface area (Å²) < 4.78 is 20.8. The van der Waals surface area contributed by atoms with E-state index in [-0.39, 0.29) is 40.9 Å². The third kappa shape index (κ3) is 19.0. The Labute approximate surface area is 638 Å². The monoisotopic (exact) mass is 1480 g/mol. The van der Waals surface area contributed by atoms with Gasteiger partial charge in [-0.15, -0.1) is 0 Å². The molecule has 12 N–H and O–H groups in total. The lowest BCUT2D eigenvalue weighted by Gasteiger charge is -2.20. The zero-order valence-corrected chi connectivity index (χ0v) is 62.4. The highest BCUT2D eigenvalue weighted by atomic mass is 16.5. The smallest absolute Gasteiger partial charge is 0.312 e. The fourth-order valence-electron chi connectivity index (χ4n) is 13.8. The summed E-state index contributed by atoms with van der Waals surface area (Å²) in [6, 6.07) is 53.6. The quantitative estimate of drug-likeness (QED) is 0.0221. The summed E-state index contributed by atoms with van der Waals surface area (Å²) in [5.41, 5.74) is 8.98. The average molecular weight is 1480 g/mol. The van der Waals surface area contributed by atoms with Crippen molar-refractivity contribution >= 4 is 78.9 Å². The van der Waals surface area contributed by atoms with Gasteiger partial charge < -0.3 is 81.9 Å². The minimum Gasteiger partial charge on any atom is -0.507 e. The number of nitrogens with zero attached hydrogens (tertiary/aromatic N) is 8. The third-order valence-electron chi connectivity index (χ3n) is 19.5. The van der Waals surface area contributed by atoms with Crippen LogP contribution >= 0.6 is 0 Å². The molecule has 25 heteroatoms. The number of fused-ring (bicyclic) bond motifs is 4. The zero-order chi connectivity index (χ0) is 76.3. The molecule has 1 unspecified atom stereocenters. The Bertz CT molecular complexity index is 5190. The van der Waals surface area contributed by atoms with Crippen LogP contribution in [-0.2, 0) is 25.4 Å². The summed E-state index contributed by atoms with van der Waals surface area (Å²) in [4.78, 5) is 50.1. The largest absolute Gasteiger partial charge is 0.507 e. The highest BCUT2D eigenvalue weighted by Crippen LogP contribution is 2.37. The maximum absolute atomic E-state index is 12.3. The first-order valence-corrected chi connectivity index (χ1v) is 37.4. The third-order valence-corrected chi connectivity index (χ3v) is 19.5. The molecule has 0 spiro atoms. The molecule has 5 atom stereocenters. The van der Waals surface area contributed by atoms with E-state index in [2.05, 4.69) is 76.8 Å². The summed E-state index contributed by atoms with van der Waals surface area (Å²) >= 11 is 0. The lowest BCUT2D eigenvalue weighted by Crippen LogP contribution is -2.35. The molecule has 4 saturated heterocycles. The number of rotatable bonds is 22. The van der Waals surface area contributed by atoms with Crippen molar-refractivity contribution in [2.75, 3.05) is 115 Å². The van der Waals surface area contributed by atoms with E-state index in [0.29, 0.717) is 95.8 Å². The molecule has 25 nitrogen and oxygen atoms in total. The van der Waals surface area contributed by atoms with Crippen LogP contribution in [-0.4, -0.2) is 184 Å². The number of aryl methyl sites for hydroxylation is 2. The van der Waals surface area contributed by atoms with Crippen LogP contribution in [0.2, 0.25) is 0 Å². The summed E-state index contributed by atoms with van der Waals surface area (Å²) in [6.07, 6.45) is 9.05. The zero-order valence-electron chi connectivity index (χ0n) is 62.4. The number of benzene rings is 8. The predicted octanol–water partition coefficient (Wildman–Crippen LogP) is 12.4. The van der Waals surface area contributed by atoms with Gasteiger partial charge in [-0.2, -0.15) is 0 Å². The number of carbonyl (C=O) groups is 1. The van der Waals surface area contributed by atoms with E-state index in [1.165, 1.54) is 5.56 Å². The Balaban J connectivity index is 0.000000129. The number of hydrogen-bond acceptors (Lipinski definition) is 25. The minimum absolute atomic E-state index is 0.128. The van der Waals surface area contributed by atoms with Crippen molar-refractivity contribution in [1.82, 2.24) is 61.1 Å². The van der Waals surface area contributed by atoms with Gasteiger partial charge in [-0.25, -0.2) is 39.9 Å². The molecule has 12 aromatic rings. The van der Waals surface area contributed by atoms with Crippen molar-refractivity contribution in [3.8, 4) is 74.3 Å². The molecule has 8 aromatic carbocycles. The van der Waals surface area contributed by atoms with Gasteiger partial charge in [0.05, 0.1) is 76.6 Å². The normalized spacial score (nSPS) is 17.3. The molecule has 16 rings (SSSR count). The van der Waals surface area contributed by atoms with Crippen molar-refractivity contribution in [1.29, 1.82) is 0 Å². The van der Waals surface area contributed by atoms with Gasteiger partial charge >= 0.3 is 5.97 Å². The first-order chi connectivity index (χ1) is 53.8. The first kappa shape index (κ1) is 76.5. The summed E-state index contributed by atoms with van der Waals surface area (Å²) in [5, 5.41) is 72.2. The van der Waals surface area contributed by atoms with Crippen LogP contribution in [0.25, 0.3) is 95.2 Å². The SMILES string of the molecule is CCOC(=O)[C@@H]1CNCC1Nc1nc(-c2cc(C)ccc2O)nc2ccccc12.COC/C=C/c1ccc2c(N[C@H]3CCNC3)nc(-c3ccccc3O)nc2c1.COCCCc1ccc2c(N[C@H]3CCNC3)nc(-c3ccccc3O)nc2c1.COc1ccc2c(N[C@H]3CCNC3)nc(-c3ccccc3O)nc2c1. The predicted molar refractivity (Wildman–Crippen MR) is 434 cm³/mol. The van der Waals surface area contributed by atoms with E-state index in [1.807, 2.05) is 122 Å². The average Bonchev–Trinajstić information content (AvgIpc) is 1.40. The highest BCUT2D eigenvalue weighted by Gasteiger charge is 2.35. The van der Waals surface area contributed by atoms with Crippen LogP contribution in [0.4, 0.5) is 23.3 Å². The Morgan fingerprint density at radius 2 is 0.955 bits per heavy atom. The fraction of sp³-hybridized carbons (Fsp3) is 0.306. The van der Waals surface area contributed by atoms with E-state index in [1.54, 1.807) is 70.7 Å².